The molecular weight excluding hydrogens is 452 g/mol. The molecule has 182 valence electrons. The quantitative estimate of drug-likeness (QED) is 0.489. The van der Waals surface area contributed by atoms with E-state index in [0.29, 0.717) is 41.4 Å². The molecule has 0 bridgehead atoms. The Morgan fingerprint density at radius 1 is 1.17 bits per heavy atom. The summed E-state index contributed by atoms with van der Waals surface area (Å²) in [5, 5.41) is 7.63. The highest BCUT2D eigenvalue weighted by Crippen LogP contribution is 2.48. The second-order valence-electron chi connectivity index (χ2n) is 8.69. The minimum Gasteiger partial charge on any atom is -0.486 e. The van der Waals surface area contributed by atoms with Gasteiger partial charge in [-0.05, 0) is 43.5 Å². The van der Waals surface area contributed by atoms with Gasteiger partial charge in [-0.3, -0.25) is 14.3 Å². The number of piperidine rings is 1. The molecule has 1 saturated carbocycles. The highest BCUT2D eigenvalue weighted by Gasteiger charge is 2.55. The van der Waals surface area contributed by atoms with Crippen LogP contribution >= 0.6 is 0 Å². The Hall–Kier alpha value is -4.02. The lowest BCUT2D eigenvalue weighted by Gasteiger charge is -2.27. The van der Waals surface area contributed by atoms with E-state index in [1.54, 1.807) is 48.5 Å². The second kappa shape index (κ2) is 9.32. The summed E-state index contributed by atoms with van der Waals surface area (Å²) in [4.78, 5) is 47.4. The molecule has 3 heterocycles. The van der Waals surface area contributed by atoms with Crippen molar-refractivity contribution in [2.75, 3.05) is 6.54 Å². The van der Waals surface area contributed by atoms with E-state index in [0.717, 1.165) is 6.42 Å². The number of carbonyl (C=O) groups is 3. The van der Waals surface area contributed by atoms with Crippen molar-refractivity contribution < 1.29 is 23.9 Å². The molecule has 2 amide bonds. The minimum atomic E-state index is -0.591. The molecule has 1 aliphatic heterocycles. The van der Waals surface area contributed by atoms with Crippen LogP contribution in [-0.2, 0) is 22.7 Å². The number of likely N-dealkylation sites (tertiary alicyclic amines) is 1. The molecule has 2 aliphatic rings. The maximum Gasteiger partial charge on any atom is 0.409 e. The summed E-state index contributed by atoms with van der Waals surface area (Å²) in [6.45, 7) is 3.80. The zero-order valence-electron chi connectivity index (χ0n) is 19.5. The lowest BCUT2D eigenvalue weighted by atomic mass is 10.1. The molecule has 3 aromatic rings. The van der Waals surface area contributed by atoms with Crippen LogP contribution in [0, 0.1) is 5.92 Å². The molecule has 35 heavy (non-hydrogen) atoms. The standard InChI is InChI=1S/C24H26N6O5/c1-3-25-24(33)35-22-10-15-9-19(15)30(22)21(32)12-29-18-6-5-16(11-17(18)23(28-29)14(2)31)34-13-20-26-7-4-8-27-20/h4-8,11,15,19,22H,3,9-10,12-13H2,1-2H3,(H,25,33)/t15-,19-,22+/m1/s1. The summed E-state index contributed by atoms with van der Waals surface area (Å²) in [5.41, 5.74) is 0.898. The van der Waals surface area contributed by atoms with Crippen molar-refractivity contribution in [1.29, 1.82) is 0 Å². The summed E-state index contributed by atoms with van der Waals surface area (Å²) in [6, 6.07) is 7.07. The topological polar surface area (TPSA) is 129 Å². The Morgan fingerprint density at radius 3 is 2.71 bits per heavy atom. The van der Waals surface area contributed by atoms with E-state index in [1.807, 2.05) is 0 Å². The van der Waals surface area contributed by atoms with Gasteiger partial charge < -0.3 is 19.7 Å². The van der Waals surface area contributed by atoms with E-state index >= 15 is 0 Å². The Kier molecular flexibility index (Phi) is 6.06. The first-order valence-corrected chi connectivity index (χ1v) is 11.6. The summed E-state index contributed by atoms with van der Waals surface area (Å²) < 4.78 is 12.8. The first kappa shape index (κ1) is 22.8. The summed E-state index contributed by atoms with van der Waals surface area (Å²) in [7, 11) is 0. The molecule has 2 aromatic heterocycles. The Balaban J connectivity index is 1.35. The van der Waals surface area contributed by atoms with Gasteiger partial charge in [-0.15, -0.1) is 0 Å². The van der Waals surface area contributed by atoms with E-state index < -0.39 is 12.3 Å². The molecule has 1 N–H and O–H groups in total. The van der Waals surface area contributed by atoms with E-state index in [1.165, 1.54) is 11.6 Å². The van der Waals surface area contributed by atoms with Gasteiger partial charge in [0.05, 0.1) is 5.52 Å². The monoisotopic (exact) mass is 478 g/mol. The largest absolute Gasteiger partial charge is 0.486 e. The van der Waals surface area contributed by atoms with Gasteiger partial charge in [0.2, 0.25) is 5.91 Å². The molecule has 1 aliphatic carbocycles. The van der Waals surface area contributed by atoms with Gasteiger partial charge in [0.15, 0.2) is 17.8 Å². The number of benzene rings is 1. The van der Waals surface area contributed by atoms with Crippen molar-refractivity contribution >= 4 is 28.7 Å². The van der Waals surface area contributed by atoms with Crippen molar-refractivity contribution in [2.45, 2.75) is 52.1 Å². The van der Waals surface area contributed by atoms with Crippen LogP contribution in [0.3, 0.4) is 0 Å². The molecule has 0 unspecified atom stereocenters. The van der Waals surface area contributed by atoms with Gasteiger partial charge in [-0.1, -0.05) is 0 Å². The highest BCUT2D eigenvalue weighted by molar-refractivity contribution is 6.05. The van der Waals surface area contributed by atoms with E-state index in [9.17, 15) is 14.4 Å². The van der Waals surface area contributed by atoms with Crippen molar-refractivity contribution in [2.24, 2.45) is 5.92 Å². The third kappa shape index (κ3) is 4.66. The Labute approximate surface area is 201 Å². The van der Waals surface area contributed by atoms with Crippen LogP contribution in [0.25, 0.3) is 10.9 Å². The SMILES string of the molecule is CCNC(=O)O[C@H]1C[C@H]2C[C@H]2N1C(=O)Cn1nc(C(C)=O)c2cc(OCc3ncccn3)ccc21. The zero-order valence-corrected chi connectivity index (χ0v) is 19.5. The normalized spacial score (nSPS) is 20.4. The van der Waals surface area contributed by atoms with Crippen LogP contribution in [0.4, 0.5) is 4.79 Å². The third-order valence-corrected chi connectivity index (χ3v) is 6.24. The van der Waals surface area contributed by atoms with E-state index in [4.69, 9.17) is 9.47 Å². The fourth-order valence-electron chi connectivity index (χ4n) is 4.56. The zero-order chi connectivity index (χ0) is 24.5. The summed E-state index contributed by atoms with van der Waals surface area (Å²) in [6.07, 6.45) is 3.70. The number of hydrogen-bond donors (Lipinski definition) is 1. The van der Waals surface area contributed by atoms with Gasteiger partial charge in [0.25, 0.3) is 0 Å². The number of fused-ring (bicyclic) bond motifs is 2. The first-order valence-electron chi connectivity index (χ1n) is 11.6. The fraction of sp³-hybridized carbons (Fsp3) is 0.417. The van der Waals surface area contributed by atoms with E-state index in [2.05, 4.69) is 20.4 Å². The number of nitrogens with one attached hydrogen (secondary N) is 1. The molecule has 5 rings (SSSR count). The van der Waals surface area contributed by atoms with Gasteiger partial charge in [-0.2, -0.15) is 5.10 Å². The highest BCUT2D eigenvalue weighted by atomic mass is 16.6. The first-order chi connectivity index (χ1) is 16.9. The molecule has 1 aromatic carbocycles. The number of hydrogen-bond acceptors (Lipinski definition) is 8. The molecule has 0 spiro atoms. The summed E-state index contributed by atoms with van der Waals surface area (Å²) in [5.74, 6) is 1.01. The molecule has 0 radical (unpaired) electrons. The predicted octanol–water partition coefficient (Wildman–Crippen LogP) is 2.30. The number of Topliss-reactive ketones (excluding diaryl/α,β-unsaturated/α-hetero) is 1. The second-order valence-corrected chi connectivity index (χ2v) is 8.69. The molecule has 3 atom stereocenters. The maximum atomic E-state index is 13.3. The van der Waals surface area contributed by atoms with Crippen LogP contribution in [0.15, 0.2) is 36.7 Å². The number of ether oxygens (including phenoxy) is 2. The van der Waals surface area contributed by atoms with Gasteiger partial charge in [-0.25, -0.2) is 14.8 Å². The number of carbonyl (C=O) groups excluding carboxylic acids is 3. The van der Waals surface area contributed by atoms with Crippen molar-refractivity contribution in [3.05, 3.63) is 48.2 Å². The number of nitrogens with zero attached hydrogens (tertiary/aromatic N) is 5. The molecule has 11 heteroatoms. The average molecular weight is 479 g/mol. The maximum absolute atomic E-state index is 13.3. The average Bonchev–Trinajstić information content (AvgIpc) is 3.35. The summed E-state index contributed by atoms with van der Waals surface area (Å²) >= 11 is 0. The lowest BCUT2D eigenvalue weighted by Crippen LogP contribution is -2.44. The van der Waals surface area contributed by atoms with Crippen LogP contribution in [0.5, 0.6) is 5.75 Å². The smallest absolute Gasteiger partial charge is 0.409 e. The van der Waals surface area contributed by atoms with Crippen LogP contribution in [0.2, 0.25) is 0 Å². The molecule has 2 fully saturated rings. The molecule has 11 nitrogen and oxygen atoms in total. The van der Waals surface area contributed by atoms with Crippen molar-refractivity contribution in [3.8, 4) is 5.75 Å². The number of ketones is 1. The fourth-order valence-corrected chi connectivity index (χ4v) is 4.56. The Bertz CT molecular complexity index is 1280. The Morgan fingerprint density at radius 2 is 1.97 bits per heavy atom. The van der Waals surface area contributed by atoms with Crippen molar-refractivity contribution in [3.63, 3.8) is 0 Å². The van der Waals surface area contributed by atoms with Crippen LogP contribution < -0.4 is 10.1 Å². The van der Waals surface area contributed by atoms with Crippen LogP contribution in [0.1, 0.15) is 43.0 Å². The predicted molar refractivity (Wildman–Crippen MR) is 123 cm³/mol. The minimum absolute atomic E-state index is 0.0691. The van der Waals surface area contributed by atoms with Crippen molar-refractivity contribution in [1.82, 2.24) is 30.0 Å². The number of aromatic nitrogens is 4. The van der Waals surface area contributed by atoms with Gasteiger partial charge >= 0.3 is 6.09 Å². The van der Waals surface area contributed by atoms with Gasteiger partial charge in [0, 0.05) is 43.7 Å². The molecule has 1 saturated heterocycles. The molecular formula is C24H26N6O5. The lowest BCUT2D eigenvalue weighted by molar-refractivity contribution is -0.140. The number of amides is 2. The van der Waals surface area contributed by atoms with Gasteiger partial charge in [0.1, 0.15) is 24.6 Å². The number of alkyl carbamates (subject to hydrolysis) is 1. The number of rotatable bonds is 8. The van der Waals surface area contributed by atoms with Crippen LogP contribution in [-0.4, -0.2) is 61.2 Å². The third-order valence-electron chi connectivity index (χ3n) is 6.24. The van der Waals surface area contributed by atoms with E-state index in [-0.39, 0.29) is 36.6 Å².